The van der Waals surface area contributed by atoms with Crippen molar-refractivity contribution < 1.29 is 4.79 Å². The van der Waals surface area contributed by atoms with Crippen LogP contribution >= 0.6 is 0 Å². The summed E-state index contributed by atoms with van der Waals surface area (Å²) < 4.78 is 0.514. The largest absolute Gasteiger partial charge is 0.430 e. The van der Waals surface area contributed by atoms with Gasteiger partial charge in [-0.2, -0.15) is 4.48 Å². The van der Waals surface area contributed by atoms with Crippen LogP contribution in [0.1, 0.15) is 26.7 Å². The predicted molar refractivity (Wildman–Crippen MR) is 65.9 cm³/mol. The zero-order chi connectivity index (χ0) is 11.8. The Morgan fingerprint density at radius 1 is 1.35 bits per heavy atom. The Bertz CT molecular complexity index is 515. The fourth-order valence-electron chi connectivity index (χ4n) is 3.41. The van der Waals surface area contributed by atoms with E-state index in [1.165, 1.54) is 0 Å². The number of anilines is 1. The molecule has 2 aliphatic heterocycles. The summed E-state index contributed by atoms with van der Waals surface area (Å²) in [5.41, 5.74) is 2.22. The van der Waals surface area contributed by atoms with Gasteiger partial charge >= 0.3 is 6.03 Å². The van der Waals surface area contributed by atoms with Gasteiger partial charge in [0.15, 0.2) is 17.8 Å². The molecular weight excluding hydrogens is 214 g/mol. The third-order valence-corrected chi connectivity index (χ3v) is 4.76. The van der Waals surface area contributed by atoms with Crippen molar-refractivity contribution in [3.8, 4) is 0 Å². The van der Waals surface area contributed by atoms with E-state index in [1.54, 1.807) is 6.20 Å². The lowest BCUT2D eigenvalue weighted by atomic mass is 10.3. The smallest absolute Gasteiger partial charge is 0.258 e. The zero-order valence-corrected chi connectivity index (χ0v) is 10.1. The minimum absolute atomic E-state index is 0.274. The number of fused-ring (bicyclic) bond motifs is 2. The minimum atomic E-state index is 0.274. The molecule has 4 rings (SSSR count). The third kappa shape index (κ3) is 0.902. The zero-order valence-electron chi connectivity index (χ0n) is 10.1. The first kappa shape index (κ1) is 9.59. The molecule has 1 aliphatic carbocycles. The number of carbonyl (C=O) groups excluding carboxylic acids is 1. The van der Waals surface area contributed by atoms with Gasteiger partial charge in [-0.1, -0.05) is 0 Å². The van der Waals surface area contributed by atoms with Crippen molar-refractivity contribution in [2.75, 3.05) is 4.90 Å². The quantitative estimate of drug-likeness (QED) is 0.548. The van der Waals surface area contributed by atoms with E-state index in [1.807, 2.05) is 17.2 Å². The fraction of sp³-hybridized carbons (Fsp3) is 0.538. The van der Waals surface area contributed by atoms with E-state index in [9.17, 15) is 4.79 Å². The van der Waals surface area contributed by atoms with Crippen LogP contribution in [0.15, 0.2) is 18.5 Å². The Kier molecular flexibility index (Phi) is 1.52. The summed E-state index contributed by atoms with van der Waals surface area (Å²) in [6, 6.07) is 3.51. The second-order valence-electron chi connectivity index (χ2n) is 5.51. The molecule has 1 aromatic rings. The number of rotatable bonds is 1. The van der Waals surface area contributed by atoms with Crippen molar-refractivity contribution in [1.29, 1.82) is 0 Å². The van der Waals surface area contributed by atoms with Crippen LogP contribution in [0, 0.1) is 0 Å². The summed E-state index contributed by atoms with van der Waals surface area (Å²) in [4.78, 5) is 19.0. The van der Waals surface area contributed by atoms with Crippen molar-refractivity contribution in [1.82, 2.24) is 9.47 Å². The predicted octanol–water partition coefficient (Wildman–Crippen LogP) is 2.28. The molecule has 1 saturated carbocycles. The highest BCUT2D eigenvalue weighted by Crippen LogP contribution is 2.57. The average Bonchev–Trinajstić information content (AvgIpc) is 3.22. The van der Waals surface area contributed by atoms with Crippen LogP contribution in [-0.2, 0) is 0 Å². The van der Waals surface area contributed by atoms with Gasteiger partial charge in [0.25, 0.3) is 0 Å². The Hall–Kier alpha value is -1.42. The van der Waals surface area contributed by atoms with Crippen LogP contribution in [-0.4, -0.2) is 29.1 Å². The lowest BCUT2D eigenvalue weighted by Gasteiger charge is -2.13. The average molecular weight is 230 g/mol. The Morgan fingerprint density at radius 3 is 2.65 bits per heavy atom. The van der Waals surface area contributed by atoms with Gasteiger partial charge in [-0.05, 0) is 32.8 Å². The van der Waals surface area contributed by atoms with Crippen molar-refractivity contribution in [3.05, 3.63) is 18.5 Å². The highest BCUT2D eigenvalue weighted by molar-refractivity contribution is 6.13. The molecule has 0 aromatic carbocycles. The number of pyridine rings is 1. The lowest BCUT2D eigenvalue weighted by Crippen LogP contribution is -2.43. The maximum atomic E-state index is 12.7. The van der Waals surface area contributed by atoms with E-state index in [-0.39, 0.29) is 6.03 Å². The molecule has 3 heterocycles. The van der Waals surface area contributed by atoms with E-state index >= 15 is 0 Å². The van der Waals surface area contributed by atoms with E-state index in [4.69, 9.17) is 0 Å². The molecule has 4 nitrogen and oxygen atoms in total. The first-order valence-corrected chi connectivity index (χ1v) is 6.35. The first-order valence-electron chi connectivity index (χ1n) is 6.35. The third-order valence-electron chi connectivity index (χ3n) is 4.76. The summed E-state index contributed by atoms with van der Waals surface area (Å²) in [6.45, 7) is 4.32. The lowest BCUT2D eigenvalue weighted by molar-refractivity contribution is 0.235. The molecule has 3 aliphatic rings. The maximum Gasteiger partial charge on any atom is 0.430 e. The normalized spacial score (nSPS) is 38.7. The van der Waals surface area contributed by atoms with Gasteiger partial charge in [0.1, 0.15) is 5.69 Å². The molecule has 0 N–H and O–H groups in total. The number of aromatic nitrogens is 1. The van der Waals surface area contributed by atoms with Crippen molar-refractivity contribution >= 4 is 17.4 Å². The number of carbonyl (C=O) groups is 1. The van der Waals surface area contributed by atoms with Crippen molar-refractivity contribution in [2.45, 2.75) is 44.8 Å². The van der Waals surface area contributed by atoms with Crippen LogP contribution in [0.25, 0.3) is 0 Å². The molecule has 1 saturated heterocycles. The van der Waals surface area contributed by atoms with Crippen LogP contribution < -0.4 is 9.38 Å². The molecule has 17 heavy (non-hydrogen) atoms. The molecule has 4 heteroatoms. The summed E-state index contributed by atoms with van der Waals surface area (Å²) in [5, 5.41) is 0. The molecule has 2 amide bonds. The van der Waals surface area contributed by atoms with Crippen molar-refractivity contribution in [2.24, 2.45) is 0 Å². The van der Waals surface area contributed by atoms with Gasteiger partial charge in [-0.3, -0.25) is 9.88 Å². The van der Waals surface area contributed by atoms with Gasteiger partial charge in [-0.25, -0.2) is 4.79 Å². The number of urea groups is 1. The Morgan fingerprint density at radius 2 is 2.06 bits per heavy atom. The minimum Gasteiger partial charge on any atom is -0.258 e. The van der Waals surface area contributed by atoms with Crippen LogP contribution in [0.2, 0.25) is 0 Å². The molecular formula is C13H16N3O+. The van der Waals surface area contributed by atoms with Crippen LogP contribution in [0.5, 0.6) is 0 Å². The highest BCUT2D eigenvalue weighted by Gasteiger charge is 2.74. The first-order chi connectivity index (χ1) is 8.19. The molecule has 0 radical (unpaired) electrons. The van der Waals surface area contributed by atoms with Gasteiger partial charge < -0.3 is 0 Å². The standard InChI is InChI=1S/C13H16N3O/c1-8-9(2)16(8)12-7-14-6-5-11(12)15(13(16)17)10-3-4-10/h5-10H,3-4H2,1-2H3/q+1. The summed E-state index contributed by atoms with van der Waals surface area (Å²) in [5.74, 6) is 0. The number of nitrogens with zero attached hydrogens (tertiary/aromatic N) is 3. The molecule has 2 fully saturated rings. The Labute approximate surface area is 100 Å². The summed E-state index contributed by atoms with van der Waals surface area (Å²) >= 11 is 0. The highest BCUT2D eigenvalue weighted by atomic mass is 16.2. The second-order valence-corrected chi connectivity index (χ2v) is 5.51. The molecule has 1 aromatic heterocycles. The molecule has 88 valence electrons. The maximum absolute atomic E-state index is 12.7. The van der Waals surface area contributed by atoms with Crippen LogP contribution in [0.3, 0.4) is 0 Å². The fourth-order valence-corrected chi connectivity index (χ4v) is 3.41. The van der Waals surface area contributed by atoms with E-state index in [2.05, 4.69) is 18.8 Å². The van der Waals surface area contributed by atoms with Gasteiger partial charge in [-0.15, -0.1) is 0 Å². The SMILES string of the molecule is CC1C(C)[N+]12C(=O)N(C1CC1)c1ccncc12. The monoisotopic (exact) mass is 230 g/mol. The second kappa shape index (κ2) is 2.70. The molecule has 0 bridgehead atoms. The van der Waals surface area contributed by atoms with Crippen LogP contribution in [0.4, 0.5) is 16.2 Å². The van der Waals surface area contributed by atoms with Crippen molar-refractivity contribution in [3.63, 3.8) is 0 Å². The van der Waals surface area contributed by atoms with E-state index in [0.29, 0.717) is 22.6 Å². The van der Waals surface area contributed by atoms with Gasteiger partial charge in [0.2, 0.25) is 0 Å². The molecule has 2 unspecified atom stereocenters. The van der Waals surface area contributed by atoms with Gasteiger partial charge in [0.05, 0.1) is 6.20 Å². The molecule has 1 spiro atoms. The summed E-state index contributed by atoms with van der Waals surface area (Å²) in [6.07, 6.45) is 5.98. The number of amides is 2. The van der Waals surface area contributed by atoms with E-state index in [0.717, 1.165) is 24.2 Å². The Balaban J connectivity index is 1.93. The number of quaternary nitrogens is 1. The number of hydrogen-bond acceptors (Lipinski definition) is 2. The van der Waals surface area contributed by atoms with E-state index < -0.39 is 0 Å². The topological polar surface area (TPSA) is 33.2 Å². The summed E-state index contributed by atoms with van der Waals surface area (Å²) in [7, 11) is 0. The van der Waals surface area contributed by atoms with Gasteiger partial charge in [0, 0.05) is 12.2 Å². The number of hydrogen-bond donors (Lipinski definition) is 0. The molecule has 2 atom stereocenters.